The van der Waals surface area contributed by atoms with Crippen LogP contribution in [-0.4, -0.2) is 0 Å². The second-order valence-electron chi connectivity index (χ2n) is 17.4. The van der Waals surface area contributed by atoms with Gasteiger partial charge in [0, 0.05) is 39.5 Å². The van der Waals surface area contributed by atoms with Crippen LogP contribution in [0, 0.1) is 0 Å². The summed E-state index contributed by atoms with van der Waals surface area (Å²) in [5.74, 6) is 0. The highest BCUT2D eigenvalue weighted by Crippen LogP contribution is 2.51. The Kier molecular flexibility index (Phi) is 10.3. The van der Waals surface area contributed by atoms with E-state index in [1.165, 1.54) is 66.8 Å². The number of fused-ring (bicyclic) bond motifs is 3. The van der Waals surface area contributed by atoms with Crippen LogP contribution in [0.1, 0.15) is 25.0 Å². The summed E-state index contributed by atoms with van der Waals surface area (Å²) in [4.78, 5) is 4.64. The van der Waals surface area contributed by atoms with Gasteiger partial charge in [0.15, 0.2) is 0 Å². The van der Waals surface area contributed by atoms with Gasteiger partial charge in [-0.25, -0.2) is 0 Å². The van der Waals surface area contributed by atoms with Gasteiger partial charge in [-0.05, 0) is 152 Å². The van der Waals surface area contributed by atoms with Gasteiger partial charge in [-0.3, -0.25) is 0 Å². The van der Waals surface area contributed by atoms with Crippen molar-refractivity contribution < 1.29 is 0 Å². The molecule has 2 nitrogen and oxygen atoms in total. The van der Waals surface area contributed by atoms with Gasteiger partial charge in [0.05, 0.1) is 0 Å². The molecule has 310 valence electrons. The van der Waals surface area contributed by atoms with Gasteiger partial charge in [0.2, 0.25) is 0 Å². The average molecular weight is 833 g/mol. The van der Waals surface area contributed by atoms with Crippen LogP contribution in [0.15, 0.2) is 255 Å². The van der Waals surface area contributed by atoms with E-state index in [0.29, 0.717) is 0 Å². The Labute approximate surface area is 383 Å². The van der Waals surface area contributed by atoms with Gasteiger partial charge >= 0.3 is 0 Å². The molecular weight excluding hydrogens is 785 g/mol. The van der Waals surface area contributed by atoms with E-state index in [0.717, 1.165) is 34.1 Å². The molecule has 0 spiro atoms. The minimum atomic E-state index is -0.159. The summed E-state index contributed by atoms with van der Waals surface area (Å²) in [6.45, 7) is 4.75. The molecule has 0 atom stereocenters. The highest BCUT2D eigenvalue weighted by molar-refractivity contribution is 5.87. The van der Waals surface area contributed by atoms with Crippen molar-refractivity contribution >= 4 is 34.1 Å². The fourth-order valence-electron chi connectivity index (χ4n) is 9.62. The second kappa shape index (κ2) is 16.8. The molecule has 0 fully saturated rings. The Morgan fingerprint density at radius 3 is 0.785 bits per heavy atom. The SMILES string of the molecule is CC1(C)c2cc(-c3ccc(N(c4ccccc4)c4ccccc4)cc3)ccc2-c2ccc(-c3ccc(N(c4ccccc4)c4ccc(-c5ccc(-c6ccccc6)cc5)cc4)cc3)cc21. The van der Waals surface area contributed by atoms with Gasteiger partial charge in [-0.1, -0.05) is 184 Å². The van der Waals surface area contributed by atoms with E-state index < -0.39 is 0 Å². The van der Waals surface area contributed by atoms with Gasteiger partial charge in [0.25, 0.3) is 0 Å². The first kappa shape index (κ1) is 39.6. The first-order valence-electron chi connectivity index (χ1n) is 22.5. The first-order valence-corrected chi connectivity index (χ1v) is 22.5. The standard InChI is InChI=1S/C63H48N2/c1-63(2)61-43-51(49-29-37-56(38-30-49)64(53-17-9-4-10-18-53)54-19-11-5-12-20-54)33-41-59(61)60-42-34-52(44-62(60)63)50-31-39-58(40-32-50)65(55-21-13-6-14-22-55)57-35-27-48(28-36-57)47-25-23-46(24-26-47)45-15-7-3-8-16-45/h3-44H,1-2H3. The molecule has 0 amide bonds. The predicted molar refractivity (Wildman–Crippen MR) is 275 cm³/mol. The van der Waals surface area contributed by atoms with Crippen molar-refractivity contribution in [3.05, 3.63) is 266 Å². The molecule has 2 heteroatoms. The molecule has 0 heterocycles. The van der Waals surface area contributed by atoms with Gasteiger partial charge in [0.1, 0.15) is 0 Å². The third kappa shape index (κ3) is 7.60. The van der Waals surface area contributed by atoms with Crippen LogP contribution in [0.3, 0.4) is 0 Å². The Hall–Kier alpha value is -8.20. The highest BCUT2D eigenvalue weighted by atomic mass is 15.1. The fourth-order valence-corrected chi connectivity index (χ4v) is 9.62. The molecule has 0 N–H and O–H groups in total. The molecule has 0 saturated carbocycles. The molecule has 0 aliphatic heterocycles. The maximum atomic E-state index is 2.42. The summed E-state index contributed by atoms with van der Waals surface area (Å²) in [6.07, 6.45) is 0. The lowest BCUT2D eigenvalue weighted by atomic mass is 9.81. The van der Waals surface area contributed by atoms with Gasteiger partial charge < -0.3 is 9.80 Å². The molecule has 11 rings (SSSR count). The van der Waals surface area contributed by atoms with E-state index >= 15 is 0 Å². The lowest BCUT2D eigenvalue weighted by Gasteiger charge is -2.26. The quantitative estimate of drug-likeness (QED) is 0.135. The number of para-hydroxylation sites is 3. The maximum absolute atomic E-state index is 2.42. The minimum Gasteiger partial charge on any atom is -0.311 e. The lowest BCUT2D eigenvalue weighted by molar-refractivity contribution is 0.661. The zero-order chi connectivity index (χ0) is 43.7. The molecule has 0 saturated heterocycles. The van der Waals surface area contributed by atoms with Gasteiger partial charge in [-0.2, -0.15) is 0 Å². The van der Waals surface area contributed by atoms with E-state index in [9.17, 15) is 0 Å². The van der Waals surface area contributed by atoms with Crippen LogP contribution >= 0.6 is 0 Å². The van der Waals surface area contributed by atoms with Crippen LogP contribution in [-0.2, 0) is 5.41 Å². The van der Waals surface area contributed by atoms with E-state index in [1.54, 1.807) is 0 Å². The van der Waals surface area contributed by atoms with Gasteiger partial charge in [-0.15, -0.1) is 0 Å². The molecule has 0 aromatic heterocycles. The number of rotatable bonds is 10. The Morgan fingerprint density at radius 1 is 0.231 bits per heavy atom. The highest BCUT2D eigenvalue weighted by Gasteiger charge is 2.36. The second-order valence-corrected chi connectivity index (χ2v) is 17.4. The molecule has 10 aromatic carbocycles. The summed E-state index contributed by atoms with van der Waals surface area (Å²) in [5, 5.41) is 0. The van der Waals surface area contributed by atoms with Crippen LogP contribution in [0.25, 0.3) is 55.6 Å². The molecule has 0 unspecified atom stereocenters. The number of hydrogen-bond donors (Lipinski definition) is 0. The Balaban J connectivity index is 0.847. The average Bonchev–Trinajstić information content (AvgIpc) is 3.60. The van der Waals surface area contributed by atoms with E-state index in [1.807, 2.05) is 0 Å². The molecular formula is C63H48N2. The zero-order valence-corrected chi connectivity index (χ0v) is 36.6. The van der Waals surface area contributed by atoms with Crippen molar-refractivity contribution in [2.45, 2.75) is 19.3 Å². The number of benzene rings is 10. The third-order valence-corrected chi connectivity index (χ3v) is 13.1. The summed E-state index contributed by atoms with van der Waals surface area (Å²) in [7, 11) is 0. The molecule has 65 heavy (non-hydrogen) atoms. The van der Waals surface area contributed by atoms with Crippen LogP contribution in [0.5, 0.6) is 0 Å². The van der Waals surface area contributed by atoms with E-state index in [2.05, 4.69) is 278 Å². The number of anilines is 6. The van der Waals surface area contributed by atoms with Crippen molar-refractivity contribution in [3.8, 4) is 55.6 Å². The Bertz CT molecular complexity index is 3170. The summed E-state index contributed by atoms with van der Waals surface area (Å²) in [6, 6.07) is 92.2. The molecule has 0 bridgehead atoms. The summed E-state index contributed by atoms with van der Waals surface area (Å²) < 4.78 is 0. The lowest BCUT2D eigenvalue weighted by Crippen LogP contribution is -2.15. The van der Waals surface area contributed by atoms with Crippen molar-refractivity contribution in [1.29, 1.82) is 0 Å². The summed E-state index contributed by atoms with van der Waals surface area (Å²) in [5.41, 5.74) is 21.7. The van der Waals surface area contributed by atoms with Crippen LogP contribution in [0.2, 0.25) is 0 Å². The molecule has 1 aliphatic rings. The number of nitrogens with zero attached hydrogens (tertiary/aromatic N) is 2. The van der Waals surface area contributed by atoms with Crippen molar-refractivity contribution in [1.82, 2.24) is 0 Å². The predicted octanol–water partition coefficient (Wildman–Crippen LogP) is 17.6. The van der Waals surface area contributed by atoms with Crippen molar-refractivity contribution in [3.63, 3.8) is 0 Å². The first-order chi connectivity index (χ1) is 32.0. The largest absolute Gasteiger partial charge is 0.311 e. The maximum Gasteiger partial charge on any atom is 0.0462 e. The van der Waals surface area contributed by atoms with E-state index in [-0.39, 0.29) is 5.41 Å². The van der Waals surface area contributed by atoms with E-state index in [4.69, 9.17) is 0 Å². The Morgan fingerprint density at radius 2 is 0.462 bits per heavy atom. The van der Waals surface area contributed by atoms with Crippen molar-refractivity contribution in [2.75, 3.05) is 9.80 Å². The molecule has 1 aliphatic carbocycles. The third-order valence-electron chi connectivity index (χ3n) is 13.1. The smallest absolute Gasteiger partial charge is 0.0462 e. The van der Waals surface area contributed by atoms with Crippen LogP contribution in [0.4, 0.5) is 34.1 Å². The molecule has 10 aromatic rings. The van der Waals surface area contributed by atoms with Crippen LogP contribution < -0.4 is 9.80 Å². The summed E-state index contributed by atoms with van der Waals surface area (Å²) >= 11 is 0. The van der Waals surface area contributed by atoms with Crippen molar-refractivity contribution in [2.24, 2.45) is 0 Å². The fraction of sp³-hybridized carbons (Fsp3) is 0.0476. The zero-order valence-electron chi connectivity index (χ0n) is 36.6. The normalized spacial score (nSPS) is 12.3. The monoisotopic (exact) mass is 832 g/mol. The number of hydrogen-bond acceptors (Lipinski definition) is 2. The molecule has 0 radical (unpaired) electrons. The topological polar surface area (TPSA) is 6.48 Å². The minimum absolute atomic E-state index is 0.159.